The number of hydrogen-bond donors (Lipinski definition) is 2. The highest BCUT2D eigenvalue weighted by Crippen LogP contribution is 2.24. The van der Waals surface area contributed by atoms with E-state index in [2.05, 4.69) is 5.32 Å². The highest BCUT2D eigenvalue weighted by molar-refractivity contribution is 6.31. The number of benzene rings is 1. The molecule has 1 saturated heterocycles. The standard InChI is InChI=1S/C13H16ClNO3/c1-13(4-6-18-7-5-13)15-12(17)10-8-9(14)2-3-11(10)16/h2-3,8,16H,4-7H2,1H3,(H,15,17). The minimum Gasteiger partial charge on any atom is -0.507 e. The van der Waals surface area contributed by atoms with Crippen molar-refractivity contribution in [2.45, 2.75) is 25.3 Å². The average Bonchev–Trinajstić information content (AvgIpc) is 2.32. The summed E-state index contributed by atoms with van der Waals surface area (Å²) in [6.45, 7) is 3.26. The molecule has 1 fully saturated rings. The molecule has 2 rings (SSSR count). The molecule has 0 spiro atoms. The summed E-state index contributed by atoms with van der Waals surface area (Å²) in [7, 11) is 0. The minimum atomic E-state index is -0.306. The number of phenolic OH excluding ortho intramolecular Hbond substituents is 1. The number of ether oxygens (including phenoxy) is 1. The molecular weight excluding hydrogens is 254 g/mol. The van der Waals surface area contributed by atoms with Crippen LogP contribution in [0, 0.1) is 0 Å². The van der Waals surface area contributed by atoms with E-state index in [4.69, 9.17) is 16.3 Å². The smallest absolute Gasteiger partial charge is 0.255 e. The number of halogens is 1. The van der Waals surface area contributed by atoms with Crippen LogP contribution in [0.15, 0.2) is 18.2 Å². The van der Waals surface area contributed by atoms with Gasteiger partial charge in [-0.05, 0) is 38.0 Å². The monoisotopic (exact) mass is 269 g/mol. The first-order chi connectivity index (χ1) is 8.50. The zero-order valence-corrected chi connectivity index (χ0v) is 11.0. The van der Waals surface area contributed by atoms with Gasteiger partial charge in [0.05, 0.1) is 5.56 Å². The second-order valence-corrected chi connectivity index (χ2v) is 5.23. The summed E-state index contributed by atoms with van der Waals surface area (Å²) >= 11 is 5.83. The van der Waals surface area contributed by atoms with Gasteiger partial charge in [-0.1, -0.05) is 11.6 Å². The lowest BCUT2D eigenvalue weighted by molar-refractivity contribution is 0.0422. The number of phenols is 1. The molecule has 98 valence electrons. The van der Waals surface area contributed by atoms with E-state index < -0.39 is 0 Å². The zero-order valence-electron chi connectivity index (χ0n) is 10.2. The highest BCUT2D eigenvalue weighted by Gasteiger charge is 2.29. The number of hydrogen-bond acceptors (Lipinski definition) is 3. The van der Waals surface area contributed by atoms with Crippen LogP contribution in [-0.2, 0) is 4.74 Å². The molecule has 0 radical (unpaired) electrons. The maximum absolute atomic E-state index is 12.1. The first-order valence-electron chi connectivity index (χ1n) is 5.89. The van der Waals surface area contributed by atoms with Crippen LogP contribution in [0.5, 0.6) is 5.75 Å². The van der Waals surface area contributed by atoms with Crippen LogP contribution in [0.2, 0.25) is 5.02 Å². The van der Waals surface area contributed by atoms with Gasteiger partial charge in [-0.15, -0.1) is 0 Å². The predicted octanol–water partition coefficient (Wildman–Crippen LogP) is 2.34. The third-order valence-electron chi connectivity index (χ3n) is 3.21. The fraction of sp³-hybridized carbons (Fsp3) is 0.462. The maximum atomic E-state index is 12.1. The summed E-state index contributed by atoms with van der Waals surface area (Å²) in [5.74, 6) is -0.369. The lowest BCUT2D eigenvalue weighted by Gasteiger charge is -2.34. The van der Waals surface area contributed by atoms with E-state index in [-0.39, 0.29) is 22.8 Å². The summed E-state index contributed by atoms with van der Waals surface area (Å²) in [6, 6.07) is 4.43. The molecule has 4 nitrogen and oxygen atoms in total. The van der Waals surface area contributed by atoms with Crippen molar-refractivity contribution in [3.05, 3.63) is 28.8 Å². The summed E-state index contributed by atoms with van der Waals surface area (Å²) in [6.07, 6.45) is 1.53. The number of carbonyl (C=O) groups is 1. The van der Waals surface area contributed by atoms with Crippen molar-refractivity contribution in [2.75, 3.05) is 13.2 Å². The molecule has 1 aliphatic heterocycles. The Kier molecular flexibility index (Phi) is 3.78. The second-order valence-electron chi connectivity index (χ2n) is 4.79. The lowest BCUT2D eigenvalue weighted by atomic mass is 9.92. The van der Waals surface area contributed by atoms with Gasteiger partial charge in [-0.25, -0.2) is 0 Å². The van der Waals surface area contributed by atoms with Crippen molar-refractivity contribution >= 4 is 17.5 Å². The Hall–Kier alpha value is -1.26. The maximum Gasteiger partial charge on any atom is 0.255 e. The van der Waals surface area contributed by atoms with Gasteiger partial charge in [-0.2, -0.15) is 0 Å². The highest BCUT2D eigenvalue weighted by atomic mass is 35.5. The van der Waals surface area contributed by atoms with Crippen LogP contribution in [-0.4, -0.2) is 29.8 Å². The van der Waals surface area contributed by atoms with Crippen molar-refractivity contribution in [1.82, 2.24) is 5.32 Å². The Labute approximate surface area is 111 Å². The average molecular weight is 270 g/mol. The van der Waals surface area contributed by atoms with E-state index in [0.29, 0.717) is 18.2 Å². The molecule has 0 saturated carbocycles. The van der Waals surface area contributed by atoms with Crippen molar-refractivity contribution < 1.29 is 14.6 Å². The summed E-state index contributed by atoms with van der Waals surface area (Å²) < 4.78 is 5.27. The number of carbonyl (C=O) groups excluding carboxylic acids is 1. The van der Waals surface area contributed by atoms with Crippen molar-refractivity contribution in [3.8, 4) is 5.75 Å². The number of aromatic hydroxyl groups is 1. The Morgan fingerprint density at radius 2 is 2.11 bits per heavy atom. The summed E-state index contributed by atoms with van der Waals surface area (Å²) in [5.41, 5.74) is -0.0837. The van der Waals surface area contributed by atoms with Crippen molar-refractivity contribution in [1.29, 1.82) is 0 Å². The van der Waals surface area contributed by atoms with E-state index >= 15 is 0 Å². The molecule has 1 aromatic carbocycles. The van der Waals surface area contributed by atoms with Crippen LogP contribution < -0.4 is 5.32 Å². The minimum absolute atomic E-state index is 0.0624. The van der Waals surface area contributed by atoms with Gasteiger partial charge in [0.15, 0.2) is 0 Å². The fourth-order valence-corrected chi connectivity index (χ4v) is 2.15. The van der Waals surface area contributed by atoms with Gasteiger partial charge in [0.1, 0.15) is 5.75 Å². The largest absolute Gasteiger partial charge is 0.507 e. The van der Waals surface area contributed by atoms with Crippen LogP contribution in [0.4, 0.5) is 0 Å². The predicted molar refractivity (Wildman–Crippen MR) is 69.0 cm³/mol. The molecule has 0 aromatic heterocycles. The van der Waals surface area contributed by atoms with Crippen molar-refractivity contribution in [3.63, 3.8) is 0 Å². The van der Waals surface area contributed by atoms with Crippen LogP contribution in [0.1, 0.15) is 30.1 Å². The van der Waals surface area contributed by atoms with Gasteiger partial charge in [0.25, 0.3) is 5.91 Å². The quantitative estimate of drug-likeness (QED) is 0.866. The summed E-state index contributed by atoms with van der Waals surface area (Å²) in [4.78, 5) is 12.1. The molecule has 1 aliphatic rings. The molecular formula is C13H16ClNO3. The van der Waals surface area contributed by atoms with Crippen molar-refractivity contribution in [2.24, 2.45) is 0 Å². The van der Waals surface area contributed by atoms with Crippen LogP contribution >= 0.6 is 11.6 Å². The Morgan fingerprint density at radius 3 is 2.78 bits per heavy atom. The third kappa shape index (κ3) is 2.94. The Bertz CT molecular complexity index is 456. The van der Waals surface area contributed by atoms with E-state index in [1.54, 1.807) is 6.07 Å². The molecule has 1 aromatic rings. The zero-order chi connectivity index (χ0) is 13.2. The molecule has 0 aliphatic carbocycles. The SMILES string of the molecule is CC1(NC(=O)c2cc(Cl)ccc2O)CCOCC1. The van der Waals surface area contributed by atoms with Gasteiger partial charge in [0.2, 0.25) is 0 Å². The third-order valence-corrected chi connectivity index (χ3v) is 3.45. The van der Waals surface area contributed by atoms with E-state index in [1.165, 1.54) is 12.1 Å². The summed E-state index contributed by atoms with van der Waals surface area (Å²) in [5, 5.41) is 13.0. The normalized spacial score (nSPS) is 18.3. The molecule has 1 amide bonds. The van der Waals surface area contributed by atoms with Gasteiger partial charge >= 0.3 is 0 Å². The second kappa shape index (κ2) is 5.16. The van der Waals surface area contributed by atoms with Crippen LogP contribution in [0.25, 0.3) is 0 Å². The Balaban J connectivity index is 2.14. The first kappa shape index (κ1) is 13.2. The molecule has 2 N–H and O–H groups in total. The Morgan fingerprint density at radius 1 is 1.44 bits per heavy atom. The number of amides is 1. The van der Waals surface area contributed by atoms with Crippen LogP contribution in [0.3, 0.4) is 0 Å². The van der Waals surface area contributed by atoms with Gasteiger partial charge in [0, 0.05) is 23.8 Å². The van der Waals surface area contributed by atoms with E-state index in [9.17, 15) is 9.90 Å². The van der Waals surface area contributed by atoms with Gasteiger partial charge in [-0.3, -0.25) is 4.79 Å². The molecule has 1 heterocycles. The molecule has 0 bridgehead atoms. The first-order valence-corrected chi connectivity index (χ1v) is 6.27. The molecule has 18 heavy (non-hydrogen) atoms. The lowest BCUT2D eigenvalue weighted by Crippen LogP contribution is -2.49. The molecule has 0 unspecified atom stereocenters. The number of rotatable bonds is 2. The van der Waals surface area contributed by atoms with Gasteiger partial charge < -0.3 is 15.2 Å². The fourth-order valence-electron chi connectivity index (χ4n) is 1.98. The van der Waals surface area contributed by atoms with E-state index in [1.807, 2.05) is 6.92 Å². The topological polar surface area (TPSA) is 58.6 Å². The number of nitrogens with one attached hydrogen (secondary N) is 1. The van der Waals surface area contributed by atoms with E-state index in [0.717, 1.165) is 12.8 Å². The molecule has 5 heteroatoms. The molecule has 0 atom stereocenters.